The summed E-state index contributed by atoms with van der Waals surface area (Å²) in [5.74, 6) is -0.527. The summed E-state index contributed by atoms with van der Waals surface area (Å²) in [6.07, 6.45) is 3.48. The van der Waals surface area contributed by atoms with Gasteiger partial charge in [0.25, 0.3) is 0 Å². The Morgan fingerprint density at radius 1 is 1.39 bits per heavy atom. The lowest BCUT2D eigenvalue weighted by Gasteiger charge is -2.05. The molecule has 0 bridgehead atoms. The van der Waals surface area contributed by atoms with E-state index < -0.39 is 10.7 Å². The van der Waals surface area contributed by atoms with E-state index in [9.17, 15) is 14.5 Å². The summed E-state index contributed by atoms with van der Waals surface area (Å²) in [6.45, 7) is 0. The summed E-state index contributed by atoms with van der Waals surface area (Å²) < 4.78 is 13.1. The number of rotatable bonds is 3. The van der Waals surface area contributed by atoms with Crippen LogP contribution in [0, 0.1) is 15.9 Å². The lowest BCUT2D eigenvalue weighted by molar-refractivity contribution is -0.383. The first-order chi connectivity index (χ1) is 8.63. The number of hydrogen-bond acceptors (Lipinski definition) is 6. The first-order valence-corrected chi connectivity index (χ1v) is 4.91. The van der Waals surface area contributed by atoms with Crippen molar-refractivity contribution in [2.45, 2.75) is 0 Å². The molecule has 0 amide bonds. The number of hydrogen-bond donors (Lipinski definition) is 1. The van der Waals surface area contributed by atoms with E-state index in [2.05, 4.69) is 20.3 Å². The Bertz CT molecular complexity index is 605. The van der Waals surface area contributed by atoms with E-state index in [0.717, 1.165) is 12.3 Å². The van der Waals surface area contributed by atoms with Gasteiger partial charge in [0.1, 0.15) is 12.1 Å². The minimum Gasteiger partial charge on any atom is -0.367 e. The van der Waals surface area contributed by atoms with Gasteiger partial charge in [-0.25, -0.2) is 14.4 Å². The third-order valence-electron chi connectivity index (χ3n) is 2.22. The van der Waals surface area contributed by atoms with Gasteiger partial charge in [0, 0.05) is 18.8 Å². The van der Waals surface area contributed by atoms with Crippen LogP contribution in [0.1, 0.15) is 0 Å². The van der Waals surface area contributed by atoms with E-state index in [1.54, 1.807) is 0 Å². The van der Waals surface area contributed by atoms with E-state index in [-0.39, 0.29) is 22.8 Å². The van der Waals surface area contributed by atoms with Gasteiger partial charge >= 0.3 is 5.69 Å². The molecule has 2 heterocycles. The quantitative estimate of drug-likeness (QED) is 0.656. The average Bonchev–Trinajstić information content (AvgIpc) is 2.37. The molecule has 0 fully saturated rings. The SMILES string of the molecule is CNc1ncnc(-c2cncc(F)c2)c1[N+](=O)[O-]. The fraction of sp³-hybridized carbons (Fsp3) is 0.100. The summed E-state index contributed by atoms with van der Waals surface area (Å²) in [5, 5.41) is 13.6. The Hall–Kier alpha value is -2.64. The molecule has 2 aromatic heterocycles. The van der Waals surface area contributed by atoms with Gasteiger partial charge in [0.2, 0.25) is 5.82 Å². The third kappa shape index (κ3) is 2.08. The molecule has 0 radical (unpaired) electrons. The van der Waals surface area contributed by atoms with E-state index >= 15 is 0 Å². The van der Waals surface area contributed by atoms with Crippen LogP contribution in [0.4, 0.5) is 15.9 Å². The lowest BCUT2D eigenvalue weighted by Crippen LogP contribution is -2.03. The molecule has 7 nitrogen and oxygen atoms in total. The van der Waals surface area contributed by atoms with Crippen molar-refractivity contribution in [3.05, 3.63) is 40.7 Å². The monoisotopic (exact) mass is 249 g/mol. The van der Waals surface area contributed by atoms with Crippen LogP contribution in [0.3, 0.4) is 0 Å². The largest absolute Gasteiger partial charge is 0.367 e. The van der Waals surface area contributed by atoms with Crippen LogP contribution < -0.4 is 5.32 Å². The minimum absolute atomic E-state index is 0.0198. The second-order valence-corrected chi connectivity index (χ2v) is 3.32. The van der Waals surface area contributed by atoms with Gasteiger partial charge in [-0.2, -0.15) is 0 Å². The molecule has 8 heteroatoms. The molecular formula is C10H8FN5O2. The number of nitrogens with one attached hydrogen (secondary N) is 1. The van der Waals surface area contributed by atoms with E-state index in [1.807, 2.05) is 0 Å². The van der Waals surface area contributed by atoms with Crippen LogP contribution >= 0.6 is 0 Å². The number of pyridine rings is 1. The van der Waals surface area contributed by atoms with Crippen molar-refractivity contribution in [2.75, 3.05) is 12.4 Å². The standard InChI is InChI=1S/C10H8FN5O2/c1-12-10-9(16(17)18)8(14-5-15-10)6-2-7(11)4-13-3-6/h2-5H,1H3,(H,12,14,15). The van der Waals surface area contributed by atoms with Gasteiger partial charge in [-0.3, -0.25) is 15.1 Å². The summed E-state index contributed by atoms with van der Waals surface area (Å²) in [7, 11) is 1.50. The Balaban J connectivity index is 2.67. The predicted molar refractivity (Wildman–Crippen MR) is 61.4 cm³/mol. The number of nitrogens with zero attached hydrogens (tertiary/aromatic N) is 4. The van der Waals surface area contributed by atoms with Crippen LogP contribution in [0.2, 0.25) is 0 Å². The normalized spacial score (nSPS) is 10.1. The maximum Gasteiger partial charge on any atom is 0.337 e. The van der Waals surface area contributed by atoms with E-state index in [4.69, 9.17) is 0 Å². The summed E-state index contributed by atoms with van der Waals surface area (Å²) in [5.41, 5.74) is -0.0700. The minimum atomic E-state index is -0.619. The Kier molecular flexibility index (Phi) is 3.09. The zero-order chi connectivity index (χ0) is 13.1. The van der Waals surface area contributed by atoms with Gasteiger partial charge in [0.05, 0.1) is 11.1 Å². The second kappa shape index (κ2) is 4.70. The Morgan fingerprint density at radius 2 is 2.17 bits per heavy atom. The third-order valence-corrected chi connectivity index (χ3v) is 2.22. The molecule has 18 heavy (non-hydrogen) atoms. The average molecular weight is 249 g/mol. The molecule has 0 unspecified atom stereocenters. The molecule has 0 spiro atoms. The smallest absolute Gasteiger partial charge is 0.337 e. The molecule has 92 valence electrons. The zero-order valence-electron chi connectivity index (χ0n) is 9.29. The van der Waals surface area contributed by atoms with Crippen molar-refractivity contribution >= 4 is 11.5 Å². The highest BCUT2D eigenvalue weighted by atomic mass is 19.1. The van der Waals surface area contributed by atoms with Crippen LogP contribution in [-0.2, 0) is 0 Å². The van der Waals surface area contributed by atoms with Crippen molar-refractivity contribution in [1.29, 1.82) is 0 Å². The highest BCUT2D eigenvalue weighted by Crippen LogP contribution is 2.32. The van der Waals surface area contributed by atoms with Gasteiger partial charge in [0.15, 0.2) is 5.69 Å². The van der Waals surface area contributed by atoms with Crippen molar-refractivity contribution < 1.29 is 9.31 Å². The van der Waals surface area contributed by atoms with Crippen molar-refractivity contribution in [1.82, 2.24) is 15.0 Å². The summed E-state index contributed by atoms with van der Waals surface area (Å²) in [4.78, 5) is 21.6. The van der Waals surface area contributed by atoms with Gasteiger partial charge in [-0.1, -0.05) is 0 Å². The molecule has 0 aromatic carbocycles. The zero-order valence-corrected chi connectivity index (χ0v) is 9.29. The van der Waals surface area contributed by atoms with Crippen LogP contribution in [0.5, 0.6) is 0 Å². The van der Waals surface area contributed by atoms with E-state index in [0.29, 0.717) is 0 Å². The highest BCUT2D eigenvalue weighted by molar-refractivity contribution is 5.76. The van der Waals surface area contributed by atoms with Gasteiger partial charge < -0.3 is 5.32 Å². The second-order valence-electron chi connectivity index (χ2n) is 3.32. The first kappa shape index (κ1) is 11.8. The molecule has 0 aliphatic rings. The number of aromatic nitrogens is 3. The van der Waals surface area contributed by atoms with Crippen LogP contribution in [0.25, 0.3) is 11.3 Å². The number of anilines is 1. The Morgan fingerprint density at radius 3 is 2.78 bits per heavy atom. The van der Waals surface area contributed by atoms with Crippen LogP contribution in [-0.4, -0.2) is 26.9 Å². The number of halogens is 1. The molecule has 0 saturated heterocycles. The summed E-state index contributed by atoms with van der Waals surface area (Å²) >= 11 is 0. The molecule has 0 aliphatic carbocycles. The van der Waals surface area contributed by atoms with Crippen molar-refractivity contribution in [2.24, 2.45) is 0 Å². The molecule has 2 aromatic rings. The molecule has 0 aliphatic heterocycles. The fourth-order valence-corrected chi connectivity index (χ4v) is 1.49. The first-order valence-electron chi connectivity index (χ1n) is 4.91. The molecule has 2 rings (SSSR count). The highest BCUT2D eigenvalue weighted by Gasteiger charge is 2.23. The number of nitro groups is 1. The lowest BCUT2D eigenvalue weighted by atomic mass is 10.1. The Labute approximate surface area is 101 Å². The molecule has 1 N–H and O–H groups in total. The van der Waals surface area contributed by atoms with Crippen LogP contribution in [0.15, 0.2) is 24.8 Å². The molecule has 0 saturated carbocycles. The molecular weight excluding hydrogens is 241 g/mol. The van der Waals surface area contributed by atoms with E-state index in [1.165, 1.54) is 19.6 Å². The van der Waals surface area contributed by atoms with Crippen molar-refractivity contribution in [3.63, 3.8) is 0 Å². The van der Waals surface area contributed by atoms with Crippen molar-refractivity contribution in [3.8, 4) is 11.3 Å². The topological polar surface area (TPSA) is 93.8 Å². The van der Waals surface area contributed by atoms with Gasteiger partial charge in [-0.05, 0) is 6.07 Å². The fourth-order valence-electron chi connectivity index (χ4n) is 1.49. The molecule has 0 atom stereocenters. The maximum absolute atomic E-state index is 13.1. The van der Waals surface area contributed by atoms with Gasteiger partial charge in [-0.15, -0.1) is 0 Å². The predicted octanol–water partition coefficient (Wildman–Crippen LogP) is 1.63. The summed E-state index contributed by atoms with van der Waals surface area (Å²) in [6, 6.07) is 1.13. The maximum atomic E-state index is 13.1.